The predicted molar refractivity (Wildman–Crippen MR) is 55.1 cm³/mol. The average Bonchev–Trinajstić information content (AvgIpc) is 2.15. The van der Waals surface area contributed by atoms with Crippen molar-refractivity contribution in [2.75, 3.05) is 0 Å². The summed E-state index contributed by atoms with van der Waals surface area (Å²) in [6, 6.07) is -0.861. The standard InChI is InChI=1S/C11H17F4NO/c1-6(2)7-3-4-11(14,15)5-8(7)16-10(17)9(12)13/h6-9H,3-5H2,1-2H3,(H,16,17)/t7-,8+/m0/s1. The van der Waals surface area contributed by atoms with Gasteiger partial charge in [-0.15, -0.1) is 0 Å². The zero-order valence-electron chi connectivity index (χ0n) is 9.85. The van der Waals surface area contributed by atoms with Gasteiger partial charge in [-0.1, -0.05) is 13.8 Å². The molecule has 0 unspecified atom stereocenters. The lowest BCUT2D eigenvalue weighted by Crippen LogP contribution is -2.50. The molecule has 0 radical (unpaired) electrons. The van der Waals surface area contributed by atoms with E-state index in [0.717, 1.165) is 0 Å². The van der Waals surface area contributed by atoms with Gasteiger partial charge in [0.1, 0.15) is 0 Å². The molecular weight excluding hydrogens is 238 g/mol. The van der Waals surface area contributed by atoms with Gasteiger partial charge in [0.15, 0.2) is 0 Å². The summed E-state index contributed by atoms with van der Waals surface area (Å²) in [7, 11) is 0. The van der Waals surface area contributed by atoms with Crippen LogP contribution in [0.3, 0.4) is 0 Å². The van der Waals surface area contributed by atoms with Gasteiger partial charge < -0.3 is 5.32 Å². The van der Waals surface area contributed by atoms with Gasteiger partial charge in [0.05, 0.1) is 0 Å². The molecule has 0 aromatic rings. The van der Waals surface area contributed by atoms with E-state index in [-0.39, 0.29) is 24.7 Å². The molecule has 1 aliphatic rings. The molecule has 0 aromatic carbocycles. The fourth-order valence-corrected chi connectivity index (χ4v) is 2.36. The van der Waals surface area contributed by atoms with E-state index in [2.05, 4.69) is 0 Å². The first kappa shape index (κ1) is 14.3. The number of carbonyl (C=O) groups is 1. The third-order valence-electron chi connectivity index (χ3n) is 3.26. The molecule has 17 heavy (non-hydrogen) atoms. The molecule has 1 fully saturated rings. The second-order valence-electron chi connectivity index (χ2n) is 4.92. The van der Waals surface area contributed by atoms with E-state index < -0.39 is 30.7 Å². The lowest BCUT2D eigenvalue weighted by molar-refractivity contribution is -0.135. The minimum absolute atomic E-state index is 0.0778. The summed E-state index contributed by atoms with van der Waals surface area (Å²) in [5.74, 6) is -4.42. The number of carbonyl (C=O) groups excluding carboxylic acids is 1. The van der Waals surface area contributed by atoms with Crippen LogP contribution in [-0.4, -0.2) is 24.3 Å². The van der Waals surface area contributed by atoms with Gasteiger partial charge in [-0.3, -0.25) is 4.79 Å². The van der Waals surface area contributed by atoms with Crippen LogP contribution in [0, 0.1) is 11.8 Å². The largest absolute Gasteiger partial charge is 0.348 e. The molecule has 100 valence electrons. The molecule has 1 rings (SSSR count). The molecule has 0 aliphatic heterocycles. The van der Waals surface area contributed by atoms with Crippen LogP contribution in [0.5, 0.6) is 0 Å². The number of hydrogen-bond donors (Lipinski definition) is 1. The fourth-order valence-electron chi connectivity index (χ4n) is 2.36. The van der Waals surface area contributed by atoms with Gasteiger partial charge in [0.25, 0.3) is 5.91 Å². The molecule has 2 atom stereocenters. The normalized spacial score (nSPS) is 28.5. The number of rotatable bonds is 3. The first-order chi connectivity index (χ1) is 7.73. The first-order valence-electron chi connectivity index (χ1n) is 5.69. The fraction of sp³-hybridized carbons (Fsp3) is 0.909. The Labute approximate surface area is 97.8 Å². The minimum Gasteiger partial charge on any atom is -0.348 e. The summed E-state index contributed by atoms with van der Waals surface area (Å²) < 4.78 is 50.6. The maximum absolute atomic E-state index is 13.2. The lowest BCUT2D eigenvalue weighted by Gasteiger charge is -2.38. The summed E-state index contributed by atoms with van der Waals surface area (Å²) in [4.78, 5) is 10.9. The third kappa shape index (κ3) is 3.85. The second kappa shape index (κ2) is 5.23. The van der Waals surface area contributed by atoms with E-state index in [9.17, 15) is 22.4 Å². The summed E-state index contributed by atoms with van der Waals surface area (Å²) >= 11 is 0. The maximum atomic E-state index is 13.2. The van der Waals surface area contributed by atoms with Crippen molar-refractivity contribution >= 4 is 5.91 Å². The van der Waals surface area contributed by atoms with Crippen molar-refractivity contribution < 1.29 is 22.4 Å². The van der Waals surface area contributed by atoms with Crippen molar-refractivity contribution in [3.05, 3.63) is 0 Å². The third-order valence-corrected chi connectivity index (χ3v) is 3.26. The van der Waals surface area contributed by atoms with E-state index in [1.54, 1.807) is 0 Å². The number of hydrogen-bond acceptors (Lipinski definition) is 1. The Morgan fingerprint density at radius 1 is 1.35 bits per heavy atom. The van der Waals surface area contributed by atoms with Crippen LogP contribution in [0.4, 0.5) is 17.6 Å². The Morgan fingerprint density at radius 3 is 2.41 bits per heavy atom. The molecule has 0 saturated heterocycles. The Hall–Kier alpha value is -0.810. The van der Waals surface area contributed by atoms with E-state index >= 15 is 0 Å². The zero-order chi connectivity index (χ0) is 13.2. The van der Waals surface area contributed by atoms with E-state index in [4.69, 9.17) is 0 Å². The summed E-state index contributed by atoms with van der Waals surface area (Å²) in [6.45, 7) is 3.69. The first-order valence-corrected chi connectivity index (χ1v) is 5.69. The van der Waals surface area contributed by atoms with Crippen molar-refractivity contribution in [3.63, 3.8) is 0 Å². The molecular formula is C11H17F4NO. The van der Waals surface area contributed by atoms with Crippen molar-refractivity contribution in [2.24, 2.45) is 11.8 Å². The monoisotopic (exact) mass is 255 g/mol. The smallest absolute Gasteiger partial charge is 0.315 e. The van der Waals surface area contributed by atoms with Crippen LogP contribution in [0.2, 0.25) is 0 Å². The van der Waals surface area contributed by atoms with E-state index in [1.807, 2.05) is 19.2 Å². The molecule has 1 saturated carbocycles. The molecule has 6 heteroatoms. The minimum atomic E-state index is -3.15. The van der Waals surface area contributed by atoms with Crippen LogP contribution in [0.25, 0.3) is 0 Å². The number of amides is 1. The highest BCUT2D eigenvalue weighted by atomic mass is 19.3. The van der Waals surface area contributed by atoms with E-state index in [1.165, 1.54) is 0 Å². The SMILES string of the molecule is CC(C)[C@@H]1CCC(F)(F)C[C@H]1NC(=O)C(F)F. The Kier molecular flexibility index (Phi) is 4.38. The number of alkyl halides is 4. The summed E-state index contributed by atoms with van der Waals surface area (Å²) in [5.41, 5.74) is 0. The van der Waals surface area contributed by atoms with Crippen molar-refractivity contribution in [1.29, 1.82) is 0 Å². The van der Waals surface area contributed by atoms with Crippen molar-refractivity contribution in [1.82, 2.24) is 5.32 Å². The Balaban J connectivity index is 2.71. The Bertz CT molecular complexity index is 281. The highest BCUT2D eigenvalue weighted by Crippen LogP contribution is 2.39. The quantitative estimate of drug-likeness (QED) is 0.772. The molecule has 0 heterocycles. The molecule has 0 bridgehead atoms. The average molecular weight is 255 g/mol. The van der Waals surface area contributed by atoms with Crippen molar-refractivity contribution in [3.8, 4) is 0 Å². The van der Waals surface area contributed by atoms with Gasteiger partial charge in [-0.05, 0) is 18.3 Å². The molecule has 0 spiro atoms. The number of halogens is 4. The van der Waals surface area contributed by atoms with Gasteiger partial charge in [0, 0.05) is 18.9 Å². The Morgan fingerprint density at radius 2 is 1.94 bits per heavy atom. The topological polar surface area (TPSA) is 29.1 Å². The van der Waals surface area contributed by atoms with Crippen LogP contribution in [-0.2, 0) is 4.79 Å². The van der Waals surface area contributed by atoms with Gasteiger partial charge in [0.2, 0.25) is 5.92 Å². The van der Waals surface area contributed by atoms with Gasteiger partial charge >= 0.3 is 6.43 Å². The molecule has 1 amide bonds. The van der Waals surface area contributed by atoms with Crippen LogP contribution >= 0.6 is 0 Å². The van der Waals surface area contributed by atoms with E-state index in [0.29, 0.717) is 0 Å². The molecule has 1 aliphatic carbocycles. The highest BCUT2D eigenvalue weighted by molar-refractivity contribution is 5.79. The van der Waals surface area contributed by atoms with Gasteiger partial charge in [-0.25, -0.2) is 8.78 Å². The van der Waals surface area contributed by atoms with Crippen LogP contribution in [0.15, 0.2) is 0 Å². The second-order valence-corrected chi connectivity index (χ2v) is 4.92. The summed E-state index contributed by atoms with van der Waals surface area (Å²) in [6.07, 6.45) is -3.69. The molecule has 0 aromatic heterocycles. The maximum Gasteiger partial charge on any atom is 0.315 e. The van der Waals surface area contributed by atoms with Crippen LogP contribution in [0.1, 0.15) is 33.1 Å². The zero-order valence-corrected chi connectivity index (χ0v) is 9.85. The molecule has 2 nitrogen and oxygen atoms in total. The lowest BCUT2D eigenvalue weighted by atomic mass is 9.76. The molecule has 1 N–H and O–H groups in total. The summed E-state index contributed by atoms with van der Waals surface area (Å²) in [5, 5.41) is 2.04. The predicted octanol–water partition coefficient (Wildman–Crippen LogP) is 2.83. The van der Waals surface area contributed by atoms with Crippen molar-refractivity contribution in [2.45, 2.75) is 51.5 Å². The van der Waals surface area contributed by atoms with Crippen LogP contribution < -0.4 is 5.32 Å². The van der Waals surface area contributed by atoms with Gasteiger partial charge in [-0.2, -0.15) is 8.78 Å². The number of nitrogens with one attached hydrogen (secondary N) is 1. The highest BCUT2D eigenvalue weighted by Gasteiger charge is 2.43.